The van der Waals surface area contributed by atoms with Crippen molar-refractivity contribution in [2.45, 2.75) is 75.1 Å². The van der Waals surface area contributed by atoms with Crippen LogP contribution in [-0.4, -0.2) is 23.4 Å². The molecule has 4 rings (SSSR count). The van der Waals surface area contributed by atoms with Gasteiger partial charge in [-0.3, -0.25) is 4.68 Å². The van der Waals surface area contributed by atoms with E-state index in [1.807, 2.05) is 0 Å². The minimum absolute atomic E-state index is 0.155. The van der Waals surface area contributed by atoms with Crippen molar-refractivity contribution < 1.29 is 8.42 Å². The van der Waals surface area contributed by atoms with E-state index >= 15 is 0 Å². The topological polar surface area (TPSA) is 64.0 Å². The van der Waals surface area contributed by atoms with Gasteiger partial charge in [-0.15, -0.1) is 0 Å². The number of sulfonamides is 1. The van der Waals surface area contributed by atoms with Crippen molar-refractivity contribution in [2.75, 3.05) is 0 Å². The van der Waals surface area contributed by atoms with Crippen LogP contribution >= 0.6 is 0 Å². The van der Waals surface area contributed by atoms with Gasteiger partial charge in [0.15, 0.2) is 0 Å². The van der Waals surface area contributed by atoms with Gasteiger partial charge in [0.05, 0.1) is 23.5 Å². The first-order valence-corrected chi connectivity index (χ1v) is 9.75. The Morgan fingerprint density at radius 1 is 1.14 bits per heavy atom. The van der Waals surface area contributed by atoms with Crippen molar-refractivity contribution in [3.05, 3.63) is 17.5 Å². The van der Waals surface area contributed by atoms with Crippen LogP contribution in [0.25, 0.3) is 0 Å². The van der Waals surface area contributed by atoms with E-state index in [-0.39, 0.29) is 5.25 Å². The lowest BCUT2D eigenvalue weighted by Gasteiger charge is -2.13. The van der Waals surface area contributed by atoms with Crippen LogP contribution in [0.3, 0.4) is 0 Å². The Labute approximate surface area is 126 Å². The fourth-order valence-corrected chi connectivity index (χ4v) is 4.69. The van der Waals surface area contributed by atoms with E-state index in [1.54, 1.807) is 0 Å². The molecular formula is C15H23N3O2S. The predicted octanol–water partition coefficient (Wildman–Crippen LogP) is 2.46. The Bertz CT molecular complexity index is 623. The van der Waals surface area contributed by atoms with Gasteiger partial charge in [-0.1, -0.05) is 12.8 Å². The van der Waals surface area contributed by atoms with Gasteiger partial charge in [0.1, 0.15) is 0 Å². The highest BCUT2D eigenvalue weighted by atomic mass is 32.2. The number of nitrogens with one attached hydrogen (secondary N) is 1. The minimum atomic E-state index is -3.11. The predicted molar refractivity (Wildman–Crippen MR) is 80.5 cm³/mol. The monoisotopic (exact) mass is 309 g/mol. The molecule has 0 atom stereocenters. The van der Waals surface area contributed by atoms with Crippen LogP contribution in [0.5, 0.6) is 0 Å². The molecule has 0 spiro atoms. The Morgan fingerprint density at radius 2 is 1.86 bits per heavy atom. The van der Waals surface area contributed by atoms with Crippen LogP contribution in [0.4, 0.5) is 0 Å². The summed E-state index contributed by atoms with van der Waals surface area (Å²) in [6.07, 6.45) is 9.13. The Balaban J connectivity index is 1.51. The molecule has 5 nitrogen and oxygen atoms in total. The molecular weight excluding hydrogens is 286 g/mol. The highest BCUT2D eigenvalue weighted by molar-refractivity contribution is 7.90. The summed E-state index contributed by atoms with van der Waals surface area (Å²) in [5.41, 5.74) is 2.22. The summed E-state index contributed by atoms with van der Waals surface area (Å²) in [7, 11) is -3.11. The molecule has 1 N–H and O–H groups in total. The average molecular weight is 309 g/mol. The molecule has 0 radical (unpaired) electrons. The fourth-order valence-electron chi connectivity index (χ4n) is 3.34. The Hall–Kier alpha value is -0.880. The zero-order chi connectivity index (χ0) is 14.4. The largest absolute Gasteiger partial charge is 0.266 e. The first kappa shape index (κ1) is 13.8. The minimum Gasteiger partial charge on any atom is -0.266 e. The van der Waals surface area contributed by atoms with E-state index in [1.165, 1.54) is 44.2 Å². The first-order chi connectivity index (χ1) is 10.1. The zero-order valence-electron chi connectivity index (χ0n) is 12.3. The molecule has 1 aromatic rings. The lowest BCUT2D eigenvalue weighted by atomic mass is 10.2. The van der Waals surface area contributed by atoms with Crippen LogP contribution in [0, 0.1) is 0 Å². The summed E-state index contributed by atoms with van der Waals surface area (Å²) in [4.78, 5) is 0. The third-order valence-electron chi connectivity index (χ3n) is 4.90. The van der Waals surface area contributed by atoms with Gasteiger partial charge in [0.2, 0.25) is 10.0 Å². The second-order valence-corrected chi connectivity index (χ2v) is 8.83. The van der Waals surface area contributed by atoms with Gasteiger partial charge < -0.3 is 0 Å². The van der Waals surface area contributed by atoms with Gasteiger partial charge in [-0.25, -0.2) is 13.1 Å². The quantitative estimate of drug-likeness (QED) is 0.878. The normalized spacial score (nSPS) is 23.8. The summed E-state index contributed by atoms with van der Waals surface area (Å²) < 4.78 is 28.8. The lowest BCUT2D eigenvalue weighted by Crippen LogP contribution is -2.27. The number of aromatic nitrogens is 2. The summed E-state index contributed by atoms with van der Waals surface area (Å²) in [5, 5.41) is 4.57. The van der Waals surface area contributed by atoms with Crippen LogP contribution in [-0.2, 0) is 16.6 Å². The highest BCUT2D eigenvalue weighted by Crippen LogP contribution is 2.43. The summed E-state index contributed by atoms with van der Waals surface area (Å²) in [6, 6.07) is 2.67. The molecule has 0 bridgehead atoms. The molecule has 21 heavy (non-hydrogen) atoms. The smallest absolute Gasteiger partial charge is 0.214 e. The molecule has 3 aliphatic carbocycles. The Morgan fingerprint density at radius 3 is 2.48 bits per heavy atom. The summed E-state index contributed by atoms with van der Waals surface area (Å²) in [6.45, 7) is 0.346. The standard InChI is InChI=1S/C15H23N3O2S/c19-21(20,14-7-8-14)16-10-12-9-15(11-5-6-11)18(17-12)13-3-1-2-4-13/h9,11,13-14,16H,1-8,10H2. The third kappa shape index (κ3) is 2.88. The van der Waals surface area contributed by atoms with Crippen LogP contribution in [0.1, 0.15) is 74.7 Å². The van der Waals surface area contributed by atoms with E-state index in [4.69, 9.17) is 5.10 Å². The van der Waals surface area contributed by atoms with Gasteiger partial charge in [-0.05, 0) is 44.6 Å². The molecule has 3 saturated carbocycles. The first-order valence-electron chi connectivity index (χ1n) is 8.20. The van der Waals surface area contributed by atoms with Crippen molar-refractivity contribution >= 4 is 10.0 Å². The van der Waals surface area contributed by atoms with Gasteiger partial charge in [0.25, 0.3) is 0 Å². The number of hydrogen-bond donors (Lipinski definition) is 1. The van der Waals surface area contributed by atoms with Crippen molar-refractivity contribution in [1.29, 1.82) is 0 Å². The van der Waals surface area contributed by atoms with Gasteiger partial charge in [-0.2, -0.15) is 5.10 Å². The van der Waals surface area contributed by atoms with E-state index in [0.717, 1.165) is 18.5 Å². The maximum atomic E-state index is 11.9. The fraction of sp³-hybridized carbons (Fsp3) is 0.800. The number of nitrogens with zero attached hydrogens (tertiary/aromatic N) is 2. The second-order valence-electron chi connectivity index (χ2n) is 6.78. The van der Waals surface area contributed by atoms with Crippen molar-refractivity contribution in [3.8, 4) is 0 Å². The third-order valence-corrected chi connectivity index (χ3v) is 6.79. The molecule has 116 valence electrons. The molecule has 3 fully saturated rings. The SMILES string of the molecule is O=S(=O)(NCc1cc(C2CC2)n(C2CCCC2)n1)C1CC1. The summed E-state index contributed by atoms with van der Waals surface area (Å²) >= 11 is 0. The maximum absolute atomic E-state index is 11.9. The molecule has 3 aliphatic rings. The highest BCUT2D eigenvalue weighted by Gasteiger charge is 2.36. The average Bonchev–Trinajstić information content (AvgIpc) is 3.38. The van der Waals surface area contributed by atoms with E-state index in [0.29, 0.717) is 18.5 Å². The zero-order valence-corrected chi connectivity index (χ0v) is 13.1. The van der Waals surface area contributed by atoms with Crippen molar-refractivity contribution in [1.82, 2.24) is 14.5 Å². The molecule has 6 heteroatoms. The molecule has 1 heterocycles. The lowest BCUT2D eigenvalue weighted by molar-refractivity contribution is 0.446. The Kier molecular flexibility index (Phi) is 3.34. The van der Waals surface area contributed by atoms with Crippen LogP contribution in [0.15, 0.2) is 6.07 Å². The van der Waals surface area contributed by atoms with Crippen LogP contribution < -0.4 is 4.72 Å². The summed E-state index contributed by atoms with van der Waals surface area (Å²) in [5.74, 6) is 0.659. The van der Waals surface area contributed by atoms with E-state index in [9.17, 15) is 8.42 Å². The molecule has 1 aromatic heterocycles. The maximum Gasteiger partial charge on any atom is 0.214 e. The molecule has 0 aliphatic heterocycles. The second kappa shape index (κ2) is 5.09. The van der Waals surface area contributed by atoms with E-state index in [2.05, 4.69) is 15.5 Å². The van der Waals surface area contributed by atoms with Crippen molar-refractivity contribution in [3.63, 3.8) is 0 Å². The molecule has 0 aromatic carbocycles. The molecule has 0 amide bonds. The molecule has 0 unspecified atom stereocenters. The van der Waals surface area contributed by atoms with Crippen LogP contribution in [0.2, 0.25) is 0 Å². The van der Waals surface area contributed by atoms with E-state index < -0.39 is 10.0 Å². The van der Waals surface area contributed by atoms with Gasteiger partial charge in [0, 0.05) is 11.6 Å². The van der Waals surface area contributed by atoms with Gasteiger partial charge >= 0.3 is 0 Å². The van der Waals surface area contributed by atoms with Crippen molar-refractivity contribution in [2.24, 2.45) is 0 Å². The number of rotatable bonds is 6. The molecule has 0 saturated heterocycles. The number of hydrogen-bond acceptors (Lipinski definition) is 3.